The molecule has 0 heterocycles. The summed E-state index contributed by atoms with van der Waals surface area (Å²) in [6.07, 6.45) is 33.5. The summed E-state index contributed by atoms with van der Waals surface area (Å²) in [6.45, 7) is 3.71. The fourth-order valence-electron chi connectivity index (χ4n) is 5.56. The number of hydrogen-bond acceptors (Lipinski definition) is 11. The molecular formula is C43H78O14P2. The second kappa shape index (κ2) is 37.8. The molecule has 0 aromatic rings. The fourth-order valence-corrected chi connectivity index (χ4v) is 6.72. The Morgan fingerprint density at radius 3 is 1.56 bits per heavy atom. The van der Waals surface area contributed by atoms with E-state index in [4.69, 9.17) is 23.8 Å². The largest absolute Gasteiger partial charge is 0.472 e. The minimum Gasteiger partial charge on any atom is -0.462 e. The van der Waals surface area contributed by atoms with Crippen LogP contribution in [-0.4, -0.2) is 81.6 Å². The highest BCUT2D eigenvalue weighted by Gasteiger charge is 2.28. The highest BCUT2D eigenvalue weighted by Crippen LogP contribution is 2.43. The van der Waals surface area contributed by atoms with E-state index in [0.29, 0.717) is 19.3 Å². The molecule has 1 unspecified atom stereocenters. The predicted octanol–water partition coefficient (Wildman–Crippen LogP) is 9.89. The van der Waals surface area contributed by atoms with E-state index in [1.807, 2.05) is 19.1 Å². The van der Waals surface area contributed by atoms with Crippen LogP contribution in [0.25, 0.3) is 0 Å². The van der Waals surface area contributed by atoms with E-state index >= 15 is 0 Å². The van der Waals surface area contributed by atoms with Crippen molar-refractivity contribution in [2.45, 2.75) is 180 Å². The highest BCUT2D eigenvalue weighted by atomic mass is 31.2. The summed E-state index contributed by atoms with van der Waals surface area (Å²) in [5, 5.41) is 19.3. The fraction of sp³-hybridized carbons (Fsp3) is 0.767. The van der Waals surface area contributed by atoms with Crippen LogP contribution in [0.1, 0.15) is 162 Å². The van der Waals surface area contributed by atoms with Gasteiger partial charge in [-0.2, -0.15) is 0 Å². The first-order chi connectivity index (χ1) is 28.1. The Balaban J connectivity index is 4.61. The van der Waals surface area contributed by atoms with E-state index in [1.54, 1.807) is 0 Å². The van der Waals surface area contributed by atoms with Crippen LogP contribution in [0, 0.1) is 5.92 Å². The first kappa shape index (κ1) is 57.0. The van der Waals surface area contributed by atoms with Crippen LogP contribution < -0.4 is 0 Å². The summed E-state index contributed by atoms with van der Waals surface area (Å²) in [7, 11) is -9.70. The summed E-state index contributed by atoms with van der Waals surface area (Å²) < 4.78 is 47.7. The van der Waals surface area contributed by atoms with Crippen molar-refractivity contribution in [3.63, 3.8) is 0 Å². The van der Waals surface area contributed by atoms with Gasteiger partial charge >= 0.3 is 27.6 Å². The molecule has 0 fully saturated rings. The Kier molecular flexibility index (Phi) is 36.5. The van der Waals surface area contributed by atoms with Crippen molar-refractivity contribution in [1.29, 1.82) is 0 Å². The number of aliphatic hydroxyl groups is 2. The minimum atomic E-state index is -4.87. The lowest BCUT2D eigenvalue weighted by Crippen LogP contribution is -2.30. The number of aliphatic hydroxyl groups excluding tert-OH is 2. The number of phosphoric acid groups is 2. The van der Waals surface area contributed by atoms with Gasteiger partial charge in [-0.25, -0.2) is 9.13 Å². The molecule has 0 spiro atoms. The number of esters is 2. The highest BCUT2D eigenvalue weighted by molar-refractivity contribution is 7.47. The Morgan fingerprint density at radius 1 is 0.542 bits per heavy atom. The number of hydrogen-bond donors (Lipinski definition) is 5. The topological polar surface area (TPSA) is 216 Å². The Hall–Kier alpha value is -1.96. The third-order valence-corrected chi connectivity index (χ3v) is 10.5. The maximum absolute atomic E-state index is 12.6. The van der Waals surface area contributed by atoms with Crippen LogP contribution in [0.5, 0.6) is 0 Å². The third-order valence-electron chi connectivity index (χ3n) is 9.05. The van der Waals surface area contributed by atoms with Crippen molar-refractivity contribution < 1.29 is 66.7 Å². The number of carbonyl (C=O) groups is 2. The van der Waals surface area contributed by atoms with E-state index < -0.39 is 66.2 Å². The zero-order chi connectivity index (χ0) is 44.0. The van der Waals surface area contributed by atoms with Crippen molar-refractivity contribution >= 4 is 27.6 Å². The van der Waals surface area contributed by atoms with Gasteiger partial charge in [0.05, 0.1) is 25.9 Å². The van der Waals surface area contributed by atoms with Crippen LogP contribution in [0.15, 0.2) is 48.6 Å². The number of rotatable bonds is 40. The first-order valence-electron chi connectivity index (χ1n) is 21.8. The molecule has 0 aliphatic rings. The summed E-state index contributed by atoms with van der Waals surface area (Å²) in [6, 6.07) is 0. The average molecular weight is 881 g/mol. The summed E-state index contributed by atoms with van der Waals surface area (Å²) >= 11 is 0. The normalized spacial score (nSPS) is 15.1. The van der Waals surface area contributed by atoms with Gasteiger partial charge in [-0.15, -0.1) is 0 Å². The molecule has 0 aromatic heterocycles. The van der Waals surface area contributed by atoms with Crippen molar-refractivity contribution in [3.8, 4) is 0 Å². The second-order valence-electron chi connectivity index (χ2n) is 15.2. The molecule has 0 aromatic carbocycles. The second-order valence-corrected chi connectivity index (χ2v) is 17.9. The SMILES string of the molecule is CC[C@H](O)CC/C=C\C/C=C\C/C=C\C/C=C\CCCC(=O)OC[C@H](COP(=O)(O)OC[C@@H](O)COP(=O)(O)O)OC(=O)CCCCCCCCCCCCCC(C)C. The molecule has 14 nitrogen and oxygen atoms in total. The molecule has 0 saturated carbocycles. The molecule has 4 atom stereocenters. The Bertz CT molecular complexity index is 1260. The van der Waals surface area contributed by atoms with Crippen LogP contribution in [-0.2, 0) is 41.8 Å². The average Bonchev–Trinajstić information content (AvgIpc) is 3.18. The predicted molar refractivity (Wildman–Crippen MR) is 231 cm³/mol. The lowest BCUT2D eigenvalue weighted by molar-refractivity contribution is -0.161. The lowest BCUT2D eigenvalue weighted by Gasteiger charge is -2.20. The van der Waals surface area contributed by atoms with Crippen LogP contribution in [0.4, 0.5) is 0 Å². The molecule has 59 heavy (non-hydrogen) atoms. The van der Waals surface area contributed by atoms with E-state index in [2.05, 4.69) is 59.4 Å². The number of unbranched alkanes of at least 4 members (excludes halogenated alkanes) is 11. The number of allylic oxidation sites excluding steroid dienone is 8. The molecule has 0 rings (SSSR count). The monoisotopic (exact) mass is 880 g/mol. The summed E-state index contributed by atoms with van der Waals surface area (Å²) in [4.78, 5) is 52.6. The standard InChI is InChI=1S/C43H78O14P2/c1-4-39(44)31-27-23-19-15-11-7-5-6-8-12-16-20-24-28-32-42(46)53-36-41(37-56-59(51,52)55-35-40(45)34-54-58(48,49)50)57-43(47)33-29-25-21-17-13-9-10-14-18-22-26-30-38(2)3/h6-8,11,16,19-20,23,38-41,44-45H,4-5,9-10,12-15,17-18,21-22,24-37H2,1-3H3,(H,51,52)(H2,48,49,50)/b8-6-,11-7-,20-16-,23-19-/t39-,40-,41+/m0/s1. The van der Waals surface area contributed by atoms with Crippen LogP contribution in [0.3, 0.4) is 0 Å². The zero-order valence-corrected chi connectivity index (χ0v) is 37.9. The first-order valence-corrected chi connectivity index (χ1v) is 24.8. The molecule has 0 amide bonds. The Labute approximate surface area is 354 Å². The van der Waals surface area contributed by atoms with Crippen LogP contribution >= 0.6 is 15.6 Å². The molecule has 0 bridgehead atoms. The van der Waals surface area contributed by atoms with Gasteiger partial charge in [0.1, 0.15) is 12.7 Å². The molecule has 344 valence electrons. The van der Waals surface area contributed by atoms with E-state index in [9.17, 15) is 33.8 Å². The van der Waals surface area contributed by atoms with Gasteiger partial charge in [0, 0.05) is 12.8 Å². The minimum absolute atomic E-state index is 0.106. The maximum Gasteiger partial charge on any atom is 0.472 e. The molecule has 0 aliphatic heterocycles. The molecular weight excluding hydrogens is 802 g/mol. The van der Waals surface area contributed by atoms with Gasteiger partial charge in [-0.1, -0.05) is 140 Å². The quantitative estimate of drug-likeness (QED) is 0.0168. The van der Waals surface area contributed by atoms with Gasteiger partial charge in [-0.3, -0.25) is 23.2 Å². The Morgan fingerprint density at radius 2 is 1.02 bits per heavy atom. The van der Waals surface area contributed by atoms with E-state index in [-0.39, 0.29) is 18.9 Å². The number of ether oxygens (including phenoxy) is 2. The van der Waals surface area contributed by atoms with Gasteiger partial charge < -0.3 is 34.4 Å². The van der Waals surface area contributed by atoms with Crippen molar-refractivity contribution in [1.82, 2.24) is 0 Å². The molecule has 0 saturated heterocycles. The van der Waals surface area contributed by atoms with E-state index in [1.165, 1.54) is 44.9 Å². The smallest absolute Gasteiger partial charge is 0.462 e. The van der Waals surface area contributed by atoms with Crippen LogP contribution in [0.2, 0.25) is 0 Å². The molecule has 5 N–H and O–H groups in total. The maximum atomic E-state index is 12.6. The lowest BCUT2D eigenvalue weighted by atomic mass is 10.0. The summed E-state index contributed by atoms with van der Waals surface area (Å²) in [5.41, 5.74) is 0. The zero-order valence-electron chi connectivity index (χ0n) is 36.1. The number of phosphoric ester groups is 2. The third kappa shape index (κ3) is 42.5. The van der Waals surface area contributed by atoms with Gasteiger partial charge in [0.2, 0.25) is 0 Å². The van der Waals surface area contributed by atoms with Gasteiger partial charge in [0.15, 0.2) is 6.10 Å². The van der Waals surface area contributed by atoms with Crippen molar-refractivity contribution in [2.75, 3.05) is 26.4 Å². The molecule has 0 radical (unpaired) electrons. The molecule has 0 aliphatic carbocycles. The van der Waals surface area contributed by atoms with E-state index in [0.717, 1.165) is 70.1 Å². The molecule has 16 heteroatoms. The van der Waals surface area contributed by atoms with Gasteiger partial charge in [0.25, 0.3) is 0 Å². The van der Waals surface area contributed by atoms with Gasteiger partial charge in [-0.05, 0) is 63.7 Å². The van der Waals surface area contributed by atoms with Crippen molar-refractivity contribution in [2.24, 2.45) is 5.92 Å². The summed E-state index contributed by atoms with van der Waals surface area (Å²) in [5.74, 6) is -0.341. The number of carbonyl (C=O) groups excluding carboxylic acids is 2. The van der Waals surface area contributed by atoms with Crippen molar-refractivity contribution in [3.05, 3.63) is 48.6 Å².